The van der Waals surface area contributed by atoms with Crippen LogP contribution in [0.3, 0.4) is 0 Å². The van der Waals surface area contributed by atoms with E-state index in [0.29, 0.717) is 12.3 Å². The van der Waals surface area contributed by atoms with Gasteiger partial charge in [-0.1, -0.05) is 24.4 Å². The number of aryl methyl sites for hydroxylation is 2. The van der Waals surface area contributed by atoms with E-state index in [0.717, 1.165) is 30.0 Å². The van der Waals surface area contributed by atoms with Crippen LogP contribution in [0.25, 0.3) is 0 Å². The Kier molecular flexibility index (Phi) is 5.00. The Morgan fingerprint density at radius 2 is 2.05 bits per heavy atom. The van der Waals surface area contributed by atoms with Crippen molar-refractivity contribution in [3.63, 3.8) is 0 Å². The zero-order valence-corrected chi connectivity index (χ0v) is 12.0. The van der Waals surface area contributed by atoms with Crippen molar-refractivity contribution in [1.82, 2.24) is 10.5 Å². The Morgan fingerprint density at radius 3 is 2.68 bits per heavy atom. The summed E-state index contributed by atoms with van der Waals surface area (Å²) in [6.07, 6.45) is 7.78. The van der Waals surface area contributed by atoms with Crippen LogP contribution in [0.15, 0.2) is 4.52 Å². The molecule has 1 aliphatic carbocycles. The lowest BCUT2D eigenvalue weighted by Gasteiger charge is -2.21. The average Bonchev–Trinajstić information content (AvgIpc) is 2.75. The monoisotopic (exact) mass is 264 g/mol. The lowest BCUT2D eigenvalue weighted by molar-refractivity contribution is -0.121. The van der Waals surface area contributed by atoms with Crippen molar-refractivity contribution >= 4 is 5.91 Å². The van der Waals surface area contributed by atoms with E-state index in [2.05, 4.69) is 10.5 Å². The van der Waals surface area contributed by atoms with Crippen molar-refractivity contribution in [1.29, 1.82) is 0 Å². The van der Waals surface area contributed by atoms with Gasteiger partial charge in [-0.15, -0.1) is 0 Å². The molecule has 1 aliphatic rings. The molecule has 1 amide bonds. The number of nitrogens with zero attached hydrogens (tertiary/aromatic N) is 1. The van der Waals surface area contributed by atoms with Crippen molar-refractivity contribution < 1.29 is 9.32 Å². The first-order chi connectivity index (χ1) is 9.16. The number of amides is 1. The molecule has 1 fully saturated rings. The fraction of sp³-hybridized carbons (Fsp3) is 0.733. The van der Waals surface area contributed by atoms with Gasteiger partial charge in [0.2, 0.25) is 5.91 Å². The van der Waals surface area contributed by atoms with E-state index in [1.165, 1.54) is 32.1 Å². The third-order valence-electron chi connectivity index (χ3n) is 4.10. The lowest BCUT2D eigenvalue weighted by Crippen LogP contribution is -2.30. The highest BCUT2D eigenvalue weighted by Gasteiger charge is 2.15. The molecule has 0 radical (unpaired) electrons. The normalized spacial score (nSPS) is 16.5. The first-order valence-corrected chi connectivity index (χ1v) is 7.35. The second kappa shape index (κ2) is 6.73. The van der Waals surface area contributed by atoms with Crippen LogP contribution in [0.4, 0.5) is 0 Å². The minimum atomic E-state index is 0.144. The van der Waals surface area contributed by atoms with E-state index in [9.17, 15) is 4.79 Å². The molecule has 4 heteroatoms. The molecule has 2 rings (SSSR count). The summed E-state index contributed by atoms with van der Waals surface area (Å²) < 4.78 is 5.10. The Hall–Kier alpha value is -1.32. The van der Waals surface area contributed by atoms with E-state index in [1.807, 2.05) is 13.8 Å². The maximum atomic E-state index is 11.8. The largest absolute Gasteiger partial charge is 0.361 e. The number of rotatable bonds is 5. The van der Waals surface area contributed by atoms with E-state index in [4.69, 9.17) is 4.52 Å². The summed E-state index contributed by atoms with van der Waals surface area (Å²) >= 11 is 0. The Morgan fingerprint density at radius 1 is 1.32 bits per heavy atom. The highest BCUT2D eigenvalue weighted by molar-refractivity contribution is 5.76. The molecule has 0 atom stereocenters. The van der Waals surface area contributed by atoms with Gasteiger partial charge in [-0.3, -0.25) is 4.79 Å². The molecule has 1 heterocycles. The van der Waals surface area contributed by atoms with Crippen LogP contribution in [-0.2, 0) is 11.2 Å². The molecular weight excluding hydrogens is 240 g/mol. The van der Waals surface area contributed by atoms with Crippen LogP contribution in [0, 0.1) is 19.8 Å². The predicted octanol–water partition coefficient (Wildman–Crippen LogP) is 2.92. The van der Waals surface area contributed by atoms with E-state index < -0.39 is 0 Å². The SMILES string of the molecule is Cc1noc(C)c1CCC(=O)NCC1CCCCC1. The van der Waals surface area contributed by atoms with Gasteiger partial charge >= 0.3 is 0 Å². The van der Waals surface area contributed by atoms with Gasteiger partial charge in [-0.2, -0.15) is 0 Å². The van der Waals surface area contributed by atoms with Crippen LogP contribution in [0.1, 0.15) is 55.5 Å². The number of nitrogens with one attached hydrogen (secondary N) is 1. The summed E-state index contributed by atoms with van der Waals surface area (Å²) in [5.74, 6) is 1.67. The molecule has 19 heavy (non-hydrogen) atoms. The number of aromatic nitrogens is 1. The molecule has 0 saturated heterocycles. The molecule has 0 aliphatic heterocycles. The first-order valence-electron chi connectivity index (χ1n) is 7.35. The third-order valence-corrected chi connectivity index (χ3v) is 4.10. The molecular formula is C15H24N2O2. The summed E-state index contributed by atoms with van der Waals surface area (Å²) in [5.41, 5.74) is 1.98. The molecule has 1 aromatic rings. The van der Waals surface area contributed by atoms with Gasteiger partial charge in [0.15, 0.2) is 0 Å². The standard InChI is InChI=1S/C15H24N2O2/c1-11-14(12(2)19-17-11)8-9-15(18)16-10-13-6-4-3-5-7-13/h13H,3-10H2,1-2H3,(H,16,18). The minimum absolute atomic E-state index is 0.144. The molecule has 106 valence electrons. The zero-order chi connectivity index (χ0) is 13.7. The van der Waals surface area contributed by atoms with Gasteiger partial charge in [-0.05, 0) is 39.0 Å². The third kappa shape index (κ3) is 4.08. The lowest BCUT2D eigenvalue weighted by atomic mass is 9.89. The summed E-state index contributed by atoms with van der Waals surface area (Å²) in [6.45, 7) is 4.67. The van der Waals surface area contributed by atoms with Gasteiger partial charge in [-0.25, -0.2) is 0 Å². The van der Waals surface area contributed by atoms with E-state index in [-0.39, 0.29) is 5.91 Å². The summed E-state index contributed by atoms with van der Waals surface area (Å²) in [7, 11) is 0. The zero-order valence-electron chi connectivity index (χ0n) is 12.0. The highest BCUT2D eigenvalue weighted by atomic mass is 16.5. The summed E-state index contributed by atoms with van der Waals surface area (Å²) in [6, 6.07) is 0. The van der Waals surface area contributed by atoms with Crippen molar-refractivity contribution in [3.8, 4) is 0 Å². The van der Waals surface area contributed by atoms with E-state index >= 15 is 0 Å². The second-order valence-corrected chi connectivity index (χ2v) is 5.61. The fourth-order valence-electron chi connectivity index (χ4n) is 2.84. The van der Waals surface area contributed by atoms with Gasteiger partial charge in [0.1, 0.15) is 5.76 Å². The molecule has 1 aromatic heterocycles. The van der Waals surface area contributed by atoms with Crippen molar-refractivity contribution in [2.75, 3.05) is 6.54 Å². The maximum absolute atomic E-state index is 11.8. The number of carbonyl (C=O) groups excluding carboxylic acids is 1. The minimum Gasteiger partial charge on any atom is -0.361 e. The van der Waals surface area contributed by atoms with Gasteiger partial charge < -0.3 is 9.84 Å². The number of hydrogen-bond acceptors (Lipinski definition) is 3. The van der Waals surface area contributed by atoms with Gasteiger partial charge in [0.25, 0.3) is 0 Å². The number of carbonyl (C=O) groups is 1. The topological polar surface area (TPSA) is 55.1 Å². The van der Waals surface area contributed by atoms with Crippen LogP contribution in [0.2, 0.25) is 0 Å². The average molecular weight is 264 g/mol. The maximum Gasteiger partial charge on any atom is 0.220 e. The van der Waals surface area contributed by atoms with Crippen molar-refractivity contribution in [2.45, 2.75) is 58.8 Å². The summed E-state index contributed by atoms with van der Waals surface area (Å²) in [4.78, 5) is 11.8. The quantitative estimate of drug-likeness (QED) is 0.889. The Labute approximate surface area is 114 Å². The number of hydrogen-bond donors (Lipinski definition) is 1. The molecule has 0 spiro atoms. The first kappa shape index (κ1) is 14.1. The van der Waals surface area contributed by atoms with Crippen LogP contribution in [-0.4, -0.2) is 17.6 Å². The van der Waals surface area contributed by atoms with Crippen molar-refractivity contribution in [3.05, 3.63) is 17.0 Å². The van der Waals surface area contributed by atoms with E-state index in [1.54, 1.807) is 0 Å². The fourth-order valence-corrected chi connectivity index (χ4v) is 2.84. The van der Waals surface area contributed by atoms with Crippen LogP contribution < -0.4 is 5.32 Å². The molecule has 1 N–H and O–H groups in total. The molecule has 0 unspecified atom stereocenters. The molecule has 4 nitrogen and oxygen atoms in total. The Balaban J connectivity index is 1.69. The Bertz CT molecular complexity index is 400. The molecule has 1 saturated carbocycles. The highest BCUT2D eigenvalue weighted by Crippen LogP contribution is 2.22. The van der Waals surface area contributed by atoms with Crippen molar-refractivity contribution in [2.24, 2.45) is 5.92 Å². The second-order valence-electron chi connectivity index (χ2n) is 5.61. The molecule has 0 bridgehead atoms. The van der Waals surface area contributed by atoms with Gasteiger partial charge in [0, 0.05) is 18.5 Å². The van der Waals surface area contributed by atoms with Gasteiger partial charge in [0.05, 0.1) is 5.69 Å². The predicted molar refractivity (Wildman–Crippen MR) is 73.9 cm³/mol. The van der Waals surface area contributed by atoms with Crippen LogP contribution >= 0.6 is 0 Å². The van der Waals surface area contributed by atoms with Crippen LogP contribution in [0.5, 0.6) is 0 Å². The molecule has 0 aromatic carbocycles. The summed E-state index contributed by atoms with van der Waals surface area (Å²) in [5, 5.41) is 6.97. The smallest absolute Gasteiger partial charge is 0.220 e.